The summed E-state index contributed by atoms with van der Waals surface area (Å²) < 4.78 is 12.8. The molecule has 1 unspecified atom stereocenters. The number of anilines is 1. The van der Waals surface area contributed by atoms with Crippen LogP contribution < -0.4 is 5.73 Å². The van der Waals surface area contributed by atoms with Gasteiger partial charge in [-0.2, -0.15) is 11.8 Å². The quantitative estimate of drug-likeness (QED) is 0.761. The third kappa shape index (κ3) is 2.21. The number of nitrogens with two attached hydrogens (primary N) is 1. The molecule has 1 heterocycles. The van der Waals surface area contributed by atoms with Gasteiger partial charge in [0.15, 0.2) is 0 Å². The lowest BCUT2D eigenvalue weighted by Gasteiger charge is -2.10. The van der Waals surface area contributed by atoms with Crippen molar-refractivity contribution in [2.45, 2.75) is 12.8 Å². The summed E-state index contributed by atoms with van der Waals surface area (Å²) in [5.74, 6) is 2.96. The lowest BCUT2D eigenvalue weighted by Crippen LogP contribution is -2.05. The number of benzene rings is 1. The molecular weight excluding hydrogens is 197 g/mol. The van der Waals surface area contributed by atoms with Gasteiger partial charge in [0.25, 0.3) is 0 Å². The topological polar surface area (TPSA) is 26.0 Å². The molecule has 3 heteroatoms. The van der Waals surface area contributed by atoms with Crippen molar-refractivity contribution >= 4 is 17.4 Å². The molecule has 0 aliphatic carbocycles. The number of hydrogen-bond donors (Lipinski definition) is 1. The van der Waals surface area contributed by atoms with Crippen molar-refractivity contribution < 1.29 is 4.39 Å². The van der Waals surface area contributed by atoms with Gasteiger partial charge in [-0.1, -0.05) is 6.07 Å². The Morgan fingerprint density at radius 1 is 1.50 bits per heavy atom. The molecule has 0 spiro atoms. The maximum atomic E-state index is 12.8. The second-order valence-electron chi connectivity index (χ2n) is 3.78. The van der Waals surface area contributed by atoms with Crippen molar-refractivity contribution in [3.8, 4) is 0 Å². The lowest BCUT2D eigenvalue weighted by atomic mass is 9.98. The number of hydrogen-bond acceptors (Lipinski definition) is 2. The van der Waals surface area contributed by atoms with Crippen molar-refractivity contribution in [1.29, 1.82) is 0 Å². The number of rotatable bonds is 2. The normalized spacial score (nSPS) is 21.4. The molecule has 0 bridgehead atoms. The van der Waals surface area contributed by atoms with E-state index in [1.54, 1.807) is 0 Å². The standard InChI is InChI=1S/C11H14FNS/c12-10-2-1-9(11(13)6-10)5-8-3-4-14-7-8/h1-2,6,8H,3-5,7,13H2. The van der Waals surface area contributed by atoms with Crippen LogP contribution >= 0.6 is 11.8 Å². The third-order valence-corrected chi connectivity index (χ3v) is 3.87. The van der Waals surface area contributed by atoms with E-state index in [2.05, 4.69) is 0 Å². The molecule has 1 aliphatic heterocycles. The predicted molar refractivity (Wildman–Crippen MR) is 59.9 cm³/mol. The summed E-state index contributed by atoms with van der Waals surface area (Å²) in [6, 6.07) is 4.72. The molecule has 2 rings (SSSR count). The van der Waals surface area contributed by atoms with E-state index in [0.717, 1.165) is 17.9 Å². The zero-order valence-electron chi connectivity index (χ0n) is 8.00. The minimum absolute atomic E-state index is 0.243. The Balaban J connectivity index is 2.08. The third-order valence-electron chi connectivity index (χ3n) is 2.64. The van der Waals surface area contributed by atoms with Crippen LogP contribution in [0, 0.1) is 11.7 Å². The van der Waals surface area contributed by atoms with Gasteiger partial charge in [-0.15, -0.1) is 0 Å². The van der Waals surface area contributed by atoms with Gasteiger partial charge in [0, 0.05) is 5.69 Å². The molecule has 76 valence electrons. The first-order valence-corrected chi connectivity index (χ1v) is 6.03. The largest absolute Gasteiger partial charge is 0.398 e. The summed E-state index contributed by atoms with van der Waals surface area (Å²) >= 11 is 2.00. The Labute approximate surface area is 87.9 Å². The van der Waals surface area contributed by atoms with Gasteiger partial charge in [0.2, 0.25) is 0 Å². The van der Waals surface area contributed by atoms with Gasteiger partial charge in [0.1, 0.15) is 5.82 Å². The molecule has 0 saturated carbocycles. The molecule has 1 atom stereocenters. The molecule has 0 amide bonds. The first kappa shape index (κ1) is 9.84. The lowest BCUT2D eigenvalue weighted by molar-refractivity contribution is 0.593. The molecule has 1 aromatic rings. The molecule has 1 saturated heterocycles. The number of halogens is 1. The van der Waals surface area contributed by atoms with Gasteiger partial charge >= 0.3 is 0 Å². The van der Waals surface area contributed by atoms with E-state index in [4.69, 9.17) is 5.73 Å². The predicted octanol–water partition coefficient (Wildman–Crippen LogP) is 2.70. The fourth-order valence-electron chi connectivity index (χ4n) is 1.81. The van der Waals surface area contributed by atoms with Crippen molar-refractivity contribution in [1.82, 2.24) is 0 Å². The number of thioether (sulfide) groups is 1. The second-order valence-corrected chi connectivity index (χ2v) is 4.93. The van der Waals surface area contributed by atoms with Gasteiger partial charge in [-0.3, -0.25) is 0 Å². The smallest absolute Gasteiger partial charge is 0.125 e. The molecule has 1 nitrogen and oxygen atoms in total. The molecule has 14 heavy (non-hydrogen) atoms. The van der Waals surface area contributed by atoms with Crippen LogP contribution in [0.25, 0.3) is 0 Å². The first-order valence-electron chi connectivity index (χ1n) is 4.87. The van der Waals surface area contributed by atoms with E-state index in [-0.39, 0.29) is 5.82 Å². The molecule has 0 radical (unpaired) electrons. The van der Waals surface area contributed by atoms with E-state index in [0.29, 0.717) is 5.69 Å². The Bertz CT molecular complexity index is 321. The summed E-state index contributed by atoms with van der Waals surface area (Å²) in [4.78, 5) is 0. The maximum Gasteiger partial charge on any atom is 0.125 e. The highest BCUT2D eigenvalue weighted by molar-refractivity contribution is 7.99. The Morgan fingerprint density at radius 3 is 3.00 bits per heavy atom. The Morgan fingerprint density at radius 2 is 2.36 bits per heavy atom. The molecular formula is C11H14FNS. The van der Waals surface area contributed by atoms with Gasteiger partial charge in [0.05, 0.1) is 0 Å². The fraction of sp³-hybridized carbons (Fsp3) is 0.455. The maximum absolute atomic E-state index is 12.8. The summed E-state index contributed by atoms with van der Waals surface area (Å²) in [6.07, 6.45) is 2.26. The van der Waals surface area contributed by atoms with Crippen LogP contribution in [0.4, 0.5) is 10.1 Å². The summed E-state index contributed by atoms with van der Waals surface area (Å²) in [7, 11) is 0. The minimum atomic E-state index is -0.243. The second kappa shape index (κ2) is 4.22. The van der Waals surface area contributed by atoms with Crippen molar-refractivity contribution in [2.24, 2.45) is 5.92 Å². The average molecular weight is 211 g/mol. The van der Waals surface area contributed by atoms with Gasteiger partial charge in [-0.05, 0) is 48.0 Å². The zero-order chi connectivity index (χ0) is 9.97. The van der Waals surface area contributed by atoms with Gasteiger partial charge < -0.3 is 5.73 Å². The van der Waals surface area contributed by atoms with Crippen molar-refractivity contribution in [3.05, 3.63) is 29.6 Å². The summed E-state index contributed by atoms with van der Waals surface area (Å²) in [5.41, 5.74) is 7.45. The van der Waals surface area contributed by atoms with Crippen LogP contribution in [0.1, 0.15) is 12.0 Å². The van der Waals surface area contributed by atoms with E-state index in [1.807, 2.05) is 17.8 Å². The summed E-state index contributed by atoms with van der Waals surface area (Å²) in [6.45, 7) is 0. The molecule has 1 fully saturated rings. The highest BCUT2D eigenvalue weighted by atomic mass is 32.2. The van der Waals surface area contributed by atoms with E-state index < -0.39 is 0 Å². The molecule has 1 aromatic carbocycles. The monoisotopic (exact) mass is 211 g/mol. The number of nitrogen functional groups attached to an aromatic ring is 1. The van der Waals surface area contributed by atoms with Gasteiger partial charge in [-0.25, -0.2) is 4.39 Å². The van der Waals surface area contributed by atoms with Crippen LogP contribution in [0.5, 0.6) is 0 Å². The fourth-order valence-corrected chi connectivity index (χ4v) is 3.09. The van der Waals surface area contributed by atoms with Crippen molar-refractivity contribution in [2.75, 3.05) is 17.2 Å². The Kier molecular flexibility index (Phi) is 2.96. The van der Waals surface area contributed by atoms with E-state index in [9.17, 15) is 4.39 Å². The average Bonchev–Trinajstić information content (AvgIpc) is 2.62. The Hall–Kier alpha value is -0.700. The van der Waals surface area contributed by atoms with Crippen molar-refractivity contribution in [3.63, 3.8) is 0 Å². The SMILES string of the molecule is Nc1cc(F)ccc1CC1CCSC1. The highest BCUT2D eigenvalue weighted by Gasteiger charge is 2.16. The van der Waals surface area contributed by atoms with Crippen LogP contribution in [-0.4, -0.2) is 11.5 Å². The molecule has 2 N–H and O–H groups in total. The zero-order valence-corrected chi connectivity index (χ0v) is 8.82. The van der Waals surface area contributed by atoms with Crippen LogP contribution in [0.15, 0.2) is 18.2 Å². The van der Waals surface area contributed by atoms with Crippen LogP contribution in [0.3, 0.4) is 0 Å². The minimum Gasteiger partial charge on any atom is -0.398 e. The highest BCUT2D eigenvalue weighted by Crippen LogP contribution is 2.28. The first-order chi connectivity index (χ1) is 6.75. The molecule has 1 aliphatic rings. The molecule has 0 aromatic heterocycles. The van der Waals surface area contributed by atoms with E-state index in [1.165, 1.54) is 30.1 Å². The van der Waals surface area contributed by atoms with E-state index >= 15 is 0 Å². The van der Waals surface area contributed by atoms with Crippen LogP contribution in [-0.2, 0) is 6.42 Å². The van der Waals surface area contributed by atoms with Crippen LogP contribution in [0.2, 0.25) is 0 Å². The summed E-state index contributed by atoms with van der Waals surface area (Å²) in [5, 5.41) is 0.